The van der Waals surface area contributed by atoms with Crippen molar-refractivity contribution in [2.24, 2.45) is 4.99 Å². The number of nitrogens with zero attached hydrogens (tertiary/aromatic N) is 1. The van der Waals surface area contributed by atoms with Crippen LogP contribution in [0, 0.1) is 0 Å². The molecule has 0 bridgehead atoms. The van der Waals surface area contributed by atoms with Gasteiger partial charge in [-0.1, -0.05) is 102 Å². The molecule has 0 spiro atoms. The van der Waals surface area contributed by atoms with Gasteiger partial charge >= 0.3 is 5.97 Å². The summed E-state index contributed by atoms with van der Waals surface area (Å²) in [5.41, 5.74) is 0.990. The third-order valence-electron chi connectivity index (χ3n) is 6.15. The van der Waals surface area contributed by atoms with Crippen molar-refractivity contribution in [3.8, 4) is 0 Å². The van der Waals surface area contributed by atoms with Gasteiger partial charge in [0.05, 0.1) is 6.54 Å². The predicted molar refractivity (Wildman–Crippen MR) is 151 cm³/mol. The summed E-state index contributed by atoms with van der Waals surface area (Å²) in [7, 11) is 0. The largest absolute Gasteiger partial charge is 0.464 e. The summed E-state index contributed by atoms with van der Waals surface area (Å²) in [6.07, 6.45) is 14.9. The van der Waals surface area contributed by atoms with E-state index in [2.05, 4.69) is 29.5 Å². The molecule has 0 aromatic heterocycles. The SMILES string of the molecule is CCCCCCCCCCCC(=O)N[C@@H](CCC(=O)OCCN=Cc1ccccc1)C(=O)NCCCC. The van der Waals surface area contributed by atoms with Gasteiger partial charge < -0.3 is 15.4 Å². The second-order valence-corrected chi connectivity index (χ2v) is 9.55. The fourth-order valence-corrected chi connectivity index (χ4v) is 3.90. The van der Waals surface area contributed by atoms with Crippen molar-refractivity contribution in [2.45, 2.75) is 110 Å². The van der Waals surface area contributed by atoms with Crippen LogP contribution < -0.4 is 10.6 Å². The zero-order chi connectivity index (χ0) is 27.0. The van der Waals surface area contributed by atoms with Crippen molar-refractivity contribution in [2.75, 3.05) is 19.7 Å². The summed E-state index contributed by atoms with van der Waals surface area (Å²) in [4.78, 5) is 41.5. The first-order chi connectivity index (χ1) is 18.1. The molecule has 2 amide bonds. The van der Waals surface area contributed by atoms with Crippen LogP contribution in [0.1, 0.15) is 109 Å². The number of aliphatic imine (C=N–C) groups is 1. The summed E-state index contributed by atoms with van der Waals surface area (Å²) >= 11 is 0. The van der Waals surface area contributed by atoms with E-state index in [9.17, 15) is 14.4 Å². The maximum atomic E-state index is 12.6. The van der Waals surface area contributed by atoms with E-state index >= 15 is 0 Å². The molecular formula is C30H49N3O4. The van der Waals surface area contributed by atoms with Crippen LogP contribution in [0.25, 0.3) is 0 Å². The molecule has 0 saturated heterocycles. The number of esters is 1. The molecule has 1 atom stereocenters. The van der Waals surface area contributed by atoms with E-state index in [-0.39, 0.29) is 31.3 Å². The van der Waals surface area contributed by atoms with Gasteiger partial charge in [-0.2, -0.15) is 0 Å². The average Bonchev–Trinajstić information content (AvgIpc) is 2.90. The van der Waals surface area contributed by atoms with Crippen molar-refractivity contribution in [1.29, 1.82) is 0 Å². The van der Waals surface area contributed by atoms with Crippen LogP contribution in [0.5, 0.6) is 0 Å². The van der Waals surface area contributed by atoms with Crippen molar-refractivity contribution >= 4 is 24.0 Å². The summed E-state index contributed by atoms with van der Waals surface area (Å²) < 4.78 is 5.25. The highest BCUT2D eigenvalue weighted by Gasteiger charge is 2.21. The zero-order valence-electron chi connectivity index (χ0n) is 23.1. The van der Waals surface area contributed by atoms with Gasteiger partial charge in [-0.15, -0.1) is 0 Å². The summed E-state index contributed by atoms with van der Waals surface area (Å²) in [5, 5.41) is 5.70. The molecule has 7 nitrogen and oxygen atoms in total. The Kier molecular flexibility index (Phi) is 19.7. The number of carbonyl (C=O) groups is 3. The third kappa shape index (κ3) is 18.2. The van der Waals surface area contributed by atoms with E-state index in [0.29, 0.717) is 19.5 Å². The van der Waals surface area contributed by atoms with E-state index in [1.54, 1.807) is 6.21 Å². The summed E-state index contributed by atoms with van der Waals surface area (Å²) in [5.74, 6) is -0.772. The highest BCUT2D eigenvalue weighted by molar-refractivity contribution is 5.88. The molecule has 0 heterocycles. The Labute approximate surface area is 224 Å². The summed E-state index contributed by atoms with van der Waals surface area (Å²) in [6.45, 7) is 5.39. The first-order valence-electron chi connectivity index (χ1n) is 14.3. The number of carbonyl (C=O) groups excluding carboxylic acids is 3. The first kappa shape index (κ1) is 32.3. The number of ether oxygens (including phenoxy) is 1. The molecule has 0 radical (unpaired) electrons. The highest BCUT2D eigenvalue weighted by atomic mass is 16.5. The van der Waals surface area contributed by atoms with Crippen molar-refractivity contribution in [3.63, 3.8) is 0 Å². The Hall–Kier alpha value is -2.70. The molecule has 0 aliphatic carbocycles. The highest BCUT2D eigenvalue weighted by Crippen LogP contribution is 2.11. The molecule has 0 aliphatic heterocycles. The number of amides is 2. The minimum atomic E-state index is -0.730. The molecule has 1 aromatic rings. The van der Waals surface area contributed by atoms with Crippen molar-refractivity contribution < 1.29 is 19.1 Å². The number of unbranched alkanes of at least 4 members (excludes halogenated alkanes) is 9. The maximum Gasteiger partial charge on any atom is 0.305 e. The lowest BCUT2D eigenvalue weighted by Gasteiger charge is -2.18. The van der Waals surface area contributed by atoms with Gasteiger partial charge in [0, 0.05) is 25.6 Å². The van der Waals surface area contributed by atoms with Crippen LogP contribution in [-0.4, -0.2) is 49.7 Å². The van der Waals surface area contributed by atoms with Crippen LogP contribution in [0.15, 0.2) is 35.3 Å². The third-order valence-corrected chi connectivity index (χ3v) is 6.15. The number of hydrogen-bond donors (Lipinski definition) is 2. The Morgan fingerprint density at radius 1 is 0.865 bits per heavy atom. The van der Waals surface area contributed by atoms with Gasteiger partial charge in [0.15, 0.2) is 0 Å². The first-order valence-corrected chi connectivity index (χ1v) is 14.3. The molecule has 0 unspecified atom stereocenters. The molecule has 0 saturated carbocycles. The molecule has 0 aliphatic rings. The maximum absolute atomic E-state index is 12.6. The topological polar surface area (TPSA) is 96.9 Å². The lowest BCUT2D eigenvalue weighted by molar-refractivity contribution is -0.144. The van der Waals surface area contributed by atoms with E-state index in [0.717, 1.165) is 37.7 Å². The van der Waals surface area contributed by atoms with Crippen LogP contribution >= 0.6 is 0 Å². The van der Waals surface area contributed by atoms with E-state index in [1.165, 1.54) is 38.5 Å². The van der Waals surface area contributed by atoms with Gasteiger partial charge in [-0.3, -0.25) is 19.4 Å². The average molecular weight is 516 g/mol. The Balaban J connectivity index is 2.33. The fourth-order valence-electron chi connectivity index (χ4n) is 3.90. The van der Waals surface area contributed by atoms with Crippen LogP contribution in [0.4, 0.5) is 0 Å². The molecule has 2 N–H and O–H groups in total. The van der Waals surface area contributed by atoms with E-state index in [4.69, 9.17) is 4.74 Å². The lowest BCUT2D eigenvalue weighted by Crippen LogP contribution is -2.47. The second kappa shape index (κ2) is 22.5. The monoisotopic (exact) mass is 515 g/mol. The number of nitrogens with one attached hydrogen (secondary N) is 2. The van der Waals surface area contributed by atoms with E-state index in [1.807, 2.05) is 30.3 Å². The molecule has 37 heavy (non-hydrogen) atoms. The van der Waals surface area contributed by atoms with Gasteiger partial charge in [0.25, 0.3) is 0 Å². The van der Waals surface area contributed by atoms with Gasteiger partial charge in [-0.25, -0.2) is 0 Å². The second-order valence-electron chi connectivity index (χ2n) is 9.55. The minimum Gasteiger partial charge on any atom is -0.464 e. The lowest BCUT2D eigenvalue weighted by atomic mass is 10.1. The van der Waals surface area contributed by atoms with Crippen molar-refractivity contribution in [1.82, 2.24) is 10.6 Å². The number of hydrogen-bond acceptors (Lipinski definition) is 5. The zero-order valence-corrected chi connectivity index (χ0v) is 23.1. The molecule has 7 heteroatoms. The smallest absolute Gasteiger partial charge is 0.305 e. The van der Waals surface area contributed by atoms with Crippen LogP contribution in [-0.2, 0) is 19.1 Å². The molecular weight excluding hydrogens is 466 g/mol. The fraction of sp³-hybridized carbons (Fsp3) is 0.667. The quantitative estimate of drug-likeness (QED) is 0.117. The normalized spacial score (nSPS) is 11.8. The Morgan fingerprint density at radius 2 is 1.51 bits per heavy atom. The Bertz CT molecular complexity index is 767. The number of rotatable bonds is 22. The summed E-state index contributed by atoms with van der Waals surface area (Å²) in [6, 6.07) is 8.98. The molecule has 1 rings (SSSR count). The molecule has 1 aromatic carbocycles. The van der Waals surface area contributed by atoms with E-state index < -0.39 is 12.0 Å². The molecule has 0 fully saturated rings. The van der Waals surface area contributed by atoms with Gasteiger partial charge in [0.1, 0.15) is 12.6 Å². The molecule has 208 valence electrons. The van der Waals surface area contributed by atoms with Crippen LogP contribution in [0.3, 0.4) is 0 Å². The minimum absolute atomic E-state index is 0.0621. The standard InChI is InChI=1S/C30H49N3O4/c1-3-5-7-8-9-10-11-12-16-19-28(34)33-27(30(36)32-22-6-4-2)20-21-29(35)37-24-23-31-25-26-17-14-13-15-18-26/h13-15,17-18,25,27H,3-12,16,19-24H2,1-2H3,(H,32,36)(H,33,34)/t27-/m0/s1. The Morgan fingerprint density at radius 3 is 2.19 bits per heavy atom. The predicted octanol–water partition coefficient (Wildman–Crippen LogP) is 5.75. The number of benzene rings is 1. The van der Waals surface area contributed by atoms with Crippen LogP contribution in [0.2, 0.25) is 0 Å². The van der Waals surface area contributed by atoms with Gasteiger partial charge in [-0.05, 0) is 24.8 Å². The van der Waals surface area contributed by atoms with Crippen molar-refractivity contribution in [3.05, 3.63) is 35.9 Å². The van der Waals surface area contributed by atoms with Gasteiger partial charge in [0.2, 0.25) is 11.8 Å².